The maximum atomic E-state index is 11.6. The molecule has 1 aliphatic heterocycles. The number of cyclic esters (lactones) is 1. The van der Waals surface area contributed by atoms with E-state index in [-0.39, 0.29) is 11.4 Å². The number of carbonyl (C=O) groups is 1. The van der Waals surface area contributed by atoms with E-state index in [1.54, 1.807) is 11.6 Å². The minimum absolute atomic E-state index is 0.0660. The number of ether oxygens (including phenoxy) is 1. The van der Waals surface area contributed by atoms with Gasteiger partial charge in [-0.2, -0.15) is 0 Å². The molecule has 0 aromatic rings. The van der Waals surface area contributed by atoms with Gasteiger partial charge in [-0.1, -0.05) is 36.7 Å². The van der Waals surface area contributed by atoms with Crippen molar-refractivity contribution in [2.45, 2.75) is 58.8 Å². The number of hydrogen-bond donors (Lipinski definition) is 1. The second-order valence-corrected chi connectivity index (χ2v) is 9.71. The summed E-state index contributed by atoms with van der Waals surface area (Å²) in [6, 6.07) is 0. The van der Waals surface area contributed by atoms with Gasteiger partial charge in [0.15, 0.2) is 0 Å². The van der Waals surface area contributed by atoms with Gasteiger partial charge in [-0.15, -0.1) is 0 Å². The molecule has 5 rings (SSSR count). The molecule has 0 unspecified atom stereocenters. The Morgan fingerprint density at radius 1 is 1.19 bits per heavy atom. The Bertz CT molecular complexity index is 819. The first-order valence-corrected chi connectivity index (χ1v) is 10.5. The number of rotatable bonds is 1. The fourth-order valence-corrected chi connectivity index (χ4v) is 7.14. The van der Waals surface area contributed by atoms with Gasteiger partial charge < -0.3 is 9.94 Å². The van der Waals surface area contributed by atoms with E-state index >= 15 is 0 Å². The van der Waals surface area contributed by atoms with E-state index in [0.717, 1.165) is 42.9 Å². The second-order valence-electron chi connectivity index (χ2n) is 9.71. The maximum Gasteiger partial charge on any atom is 0.331 e. The summed E-state index contributed by atoms with van der Waals surface area (Å²) in [5.74, 6) is 1.82. The van der Waals surface area contributed by atoms with E-state index < -0.39 is 0 Å². The maximum absolute atomic E-state index is 11.6. The molecule has 3 fully saturated rings. The van der Waals surface area contributed by atoms with Crippen molar-refractivity contribution in [1.29, 1.82) is 0 Å². The summed E-state index contributed by atoms with van der Waals surface area (Å²) in [4.78, 5) is 11.6. The molecule has 1 heterocycles. The lowest BCUT2D eigenvalue weighted by molar-refractivity contribution is -0.134. The highest BCUT2D eigenvalue weighted by molar-refractivity contribution is 5.87. The lowest BCUT2D eigenvalue weighted by Gasteiger charge is -2.58. The van der Waals surface area contributed by atoms with Gasteiger partial charge in [-0.3, -0.25) is 0 Å². The molecule has 0 spiro atoms. The van der Waals surface area contributed by atoms with Gasteiger partial charge in [-0.25, -0.2) is 4.79 Å². The number of fused-ring (bicyclic) bond motifs is 5. The first kappa shape index (κ1) is 17.3. The van der Waals surface area contributed by atoms with Gasteiger partial charge in [0.2, 0.25) is 0 Å². The van der Waals surface area contributed by atoms with Crippen LogP contribution in [0, 0.1) is 28.6 Å². The van der Waals surface area contributed by atoms with Crippen LogP contribution in [0.4, 0.5) is 0 Å². The molecule has 0 amide bonds. The quantitative estimate of drug-likeness (QED) is 0.411. The molecule has 0 aromatic heterocycles. The molecule has 0 radical (unpaired) electrons. The van der Waals surface area contributed by atoms with Crippen LogP contribution in [-0.2, 0) is 9.53 Å². The standard InChI is InChI=1S/C23H29NO3/c1-22-9-7-16(24-26)12-15(22)3-4-17-19-6-5-18(14-11-21(25)27-13-14)23(19,2)10-8-20(17)22/h5-6,11,15,17,20,26H,3-4,7-10,12-13H2,1-2H3/b24-16-/t15-,17+,20+,22+,23-/m1/s1. The van der Waals surface area contributed by atoms with Crippen molar-refractivity contribution in [3.8, 4) is 0 Å². The zero-order valence-electron chi connectivity index (χ0n) is 16.3. The largest absolute Gasteiger partial charge is 0.458 e. The summed E-state index contributed by atoms with van der Waals surface area (Å²) in [5, 5.41) is 12.8. The highest BCUT2D eigenvalue weighted by Crippen LogP contribution is 2.65. The van der Waals surface area contributed by atoms with Crippen LogP contribution in [0.3, 0.4) is 0 Å². The molecule has 4 aliphatic carbocycles. The summed E-state index contributed by atoms with van der Waals surface area (Å²) in [7, 11) is 0. The third kappa shape index (κ3) is 2.34. The molecule has 144 valence electrons. The van der Waals surface area contributed by atoms with Gasteiger partial charge in [0.1, 0.15) is 6.61 Å². The number of esters is 1. The topological polar surface area (TPSA) is 58.9 Å². The molecule has 0 saturated heterocycles. The summed E-state index contributed by atoms with van der Waals surface area (Å²) in [6.07, 6.45) is 14.2. The molecule has 4 nitrogen and oxygen atoms in total. The van der Waals surface area contributed by atoms with Crippen LogP contribution in [0.25, 0.3) is 0 Å². The van der Waals surface area contributed by atoms with Crippen molar-refractivity contribution in [3.63, 3.8) is 0 Å². The van der Waals surface area contributed by atoms with Crippen molar-refractivity contribution in [3.05, 3.63) is 34.9 Å². The van der Waals surface area contributed by atoms with E-state index in [9.17, 15) is 10.0 Å². The van der Waals surface area contributed by atoms with Crippen molar-refractivity contribution in [2.75, 3.05) is 6.61 Å². The Morgan fingerprint density at radius 2 is 2.04 bits per heavy atom. The Balaban J connectivity index is 1.43. The van der Waals surface area contributed by atoms with Gasteiger partial charge >= 0.3 is 5.97 Å². The van der Waals surface area contributed by atoms with Crippen molar-refractivity contribution in [1.82, 2.24) is 0 Å². The van der Waals surface area contributed by atoms with Crippen LogP contribution in [0.15, 0.2) is 40.1 Å². The Kier molecular flexibility index (Phi) is 3.73. The van der Waals surface area contributed by atoms with Crippen molar-refractivity contribution in [2.24, 2.45) is 33.7 Å². The molecule has 3 saturated carbocycles. The summed E-state index contributed by atoms with van der Waals surface area (Å²) < 4.78 is 5.19. The number of allylic oxidation sites excluding steroid dienone is 3. The minimum Gasteiger partial charge on any atom is -0.458 e. The first-order valence-electron chi connectivity index (χ1n) is 10.5. The van der Waals surface area contributed by atoms with Crippen molar-refractivity contribution >= 4 is 11.7 Å². The number of oxime groups is 1. The number of nitrogens with zero attached hydrogens (tertiary/aromatic N) is 1. The van der Waals surface area contributed by atoms with Crippen LogP contribution in [0.1, 0.15) is 58.8 Å². The normalized spacial score (nSPS) is 44.7. The number of hydrogen-bond acceptors (Lipinski definition) is 4. The van der Waals surface area contributed by atoms with Crippen LogP contribution >= 0.6 is 0 Å². The zero-order chi connectivity index (χ0) is 18.8. The van der Waals surface area contributed by atoms with Gasteiger partial charge in [0.05, 0.1) is 5.71 Å². The van der Waals surface area contributed by atoms with Gasteiger partial charge in [0.25, 0.3) is 0 Å². The Morgan fingerprint density at radius 3 is 2.78 bits per heavy atom. The molecule has 0 bridgehead atoms. The molecule has 4 heteroatoms. The van der Waals surface area contributed by atoms with Gasteiger partial charge in [0, 0.05) is 17.1 Å². The lowest BCUT2D eigenvalue weighted by atomic mass is 9.46. The van der Waals surface area contributed by atoms with E-state index in [4.69, 9.17) is 4.74 Å². The van der Waals surface area contributed by atoms with E-state index in [1.165, 1.54) is 24.8 Å². The average molecular weight is 367 g/mol. The highest BCUT2D eigenvalue weighted by Gasteiger charge is 2.56. The van der Waals surface area contributed by atoms with Crippen LogP contribution < -0.4 is 0 Å². The van der Waals surface area contributed by atoms with Gasteiger partial charge in [-0.05, 0) is 73.7 Å². The lowest BCUT2D eigenvalue weighted by Crippen LogP contribution is -2.51. The summed E-state index contributed by atoms with van der Waals surface area (Å²) in [6.45, 7) is 5.31. The molecule has 27 heavy (non-hydrogen) atoms. The Hall–Kier alpha value is -1.84. The SMILES string of the molecule is C[C@]12CC[C@H]3[C@@H](CC[C@@H]4C/C(=N\O)CC[C@@]43C)C1=CC=C2C1=CC(=O)OC1. The molecular weight excluding hydrogens is 338 g/mol. The van der Waals surface area contributed by atoms with Crippen LogP contribution in [0.2, 0.25) is 0 Å². The highest BCUT2D eigenvalue weighted by atomic mass is 16.5. The fourth-order valence-electron chi connectivity index (χ4n) is 7.14. The molecular formula is C23H29NO3. The first-order chi connectivity index (χ1) is 13.0. The average Bonchev–Trinajstić information content (AvgIpc) is 3.23. The monoisotopic (exact) mass is 367 g/mol. The van der Waals surface area contributed by atoms with E-state index in [2.05, 4.69) is 31.2 Å². The third-order valence-electron chi connectivity index (χ3n) is 8.69. The summed E-state index contributed by atoms with van der Waals surface area (Å²) in [5.41, 5.74) is 5.40. The van der Waals surface area contributed by atoms with E-state index in [1.807, 2.05) is 0 Å². The molecule has 5 aliphatic rings. The second kappa shape index (κ2) is 5.83. The fraction of sp³-hybridized carbons (Fsp3) is 0.652. The zero-order valence-corrected chi connectivity index (χ0v) is 16.3. The number of carbonyl (C=O) groups excluding carboxylic acids is 1. The smallest absolute Gasteiger partial charge is 0.331 e. The minimum atomic E-state index is -0.201. The van der Waals surface area contributed by atoms with Crippen LogP contribution in [0.5, 0.6) is 0 Å². The molecule has 1 N–H and O–H groups in total. The summed E-state index contributed by atoms with van der Waals surface area (Å²) >= 11 is 0. The van der Waals surface area contributed by atoms with Crippen molar-refractivity contribution < 1.29 is 14.7 Å². The predicted molar refractivity (Wildman–Crippen MR) is 103 cm³/mol. The molecule has 0 aromatic carbocycles. The third-order valence-corrected chi connectivity index (χ3v) is 8.69. The van der Waals surface area contributed by atoms with Crippen LogP contribution in [-0.4, -0.2) is 23.5 Å². The van der Waals surface area contributed by atoms with E-state index in [0.29, 0.717) is 23.9 Å². The predicted octanol–water partition coefficient (Wildman–Crippen LogP) is 4.80. The Labute approximate surface area is 161 Å². The molecule has 5 atom stereocenters.